The Bertz CT molecular complexity index is 315. The molecule has 82 valence electrons. The molecule has 0 saturated heterocycles. The van der Waals surface area contributed by atoms with Crippen LogP contribution >= 0.6 is 0 Å². The lowest BCUT2D eigenvalue weighted by Gasteiger charge is -2.32. The van der Waals surface area contributed by atoms with E-state index >= 15 is 0 Å². The summed E-state index contributed by atoms with van der Waals surface area (Å²) in [6.07, 6.45) is 3.90. The van der Waals surface area contributed by atoms with Crippen LogP contribution in [0.4, 0.5) is 5.69 Å². The fourth-order valence-electron chi connectivity index (χ4n) is 2.85. The normalized spacial score (nSPS) is 19.8. The molecule has 1 unspecified atom stereocenters. The van der Waals surface area contributed by atoms with E-state index in [1.165, 1.54) is 30.5 Å². The standard InChI is InChI=1S/C14H21N/c1-3-11(4-2)12-9-10-15-14-8-6-5-7-13(12)14/h5-8,11-12,15H,3-4,9-10H2,1-2H3. The molecule has 1 aliphatic rings. The topological polar surface area (TPSA) is 12.0 Å². The van der Waals surface area contributed by atoms with Gasteiger partial charge in [-0.1, -0.05) is 44.9 Å². The second-order valence-corrected chi connectivity index (χ2v) is 4.49. The van der Waals surface area contributed by atoms with Gasteiger partial charge in [0, 0.05) is 12.2 Å². The molecule has 1 atom stereocenters. The minimum Gasteiger partial charge on any atom is -0.385 e. The van der Waals surface area contributed by atoms with Gasteiger partial charge in [0.05, 0.1) is 0 Å². The molecular formula is C14H21N. The van der Waals surface area contributed by atoms with Crippen molar-refractivity contribution in [2.24, 2.45) is 5.92 Å². The van der Waals surface area contributed by atoms with E-state index in [0.29, 0.717) is 0 Å². The van der Waals surface area contributed by atoms with E-state index in [2.05, 4.69) is 43.4 Å². The van der Waals surface area contributed by atoms with Crippen molar-refractivity contribution in [2.75, 3.05) is 11.9 Å². The van der Waals surface area contributed by atoms with Crippen molar-refractivity contribution < 1.29 is 0 Å². The highest BCUT2D eigenvalue weighted by atomic mass is 14.9. The molecule has 0 aromatic heterocycles. The molecule has 1 heteroatoms. The minimum absolute atomic E-state index is 0.775. The average molecular weight is 203 g/mol. The SMILES string of the molecule is CCC(CC)C1CCNc2ccccc21. The van der Waals surface area contributed by atoms with E-state index in [4.69, 9.17) is 0 Å². The van der Waals surface area contributed by atoms with Crippen molar-refractivity contribution in [1.29, 1.82) is 0 Å². The van der Waals surface area contributed by atoms with E-state index < -0.39 is 0 Å². The fourth-order valence-corrected chi connectivity index (χ4v) is 2.85. The smallest absolute Gasteiger partial charge is 0.0375 e. The molecule has 0 amide bonds. The van der Waals surface area contributed by atoms with Gasteiger partial charge in [0.25, 0.3) is 0 Å². The summed E-state index contributed by atoms with van der Waals surface area (Å²) in [6, 6.07) is 8.80. The van der Waals surface area contributed by atoms with E-state index in [1.54, 1.807) is 0 Å². The summed E-state index contributed by atoms with van der Waals surface area (Å²) in [7, 11) is 0. The summed E-state index contributed by atoms with van der Waals surface area (Å²) >= 11 is 0. The number of fused-ring (bicyclic) bond motifs is 1. The van der Waals surface area contributed by atoms with Crippen LogP contribution in [-0.4, -0.2) is 6.54 Å². The summed E-state index contributed by atoms with van der Waals surface area (Å²) in [4.78, 5) is 0. The second kappa shape index (κ2) is 4.69. The molecule has 1 heterocycles. The van der Waals surface area contributed by atoms with Gasteiger partial charge >= 0.3 is 0 Å². The van der Waals surface area contributed by atoms with Gasteiger partial charge < -0.3 is 5.32 Å². The minimum atomic E-state index is 0.775. The zero-order chi connectivity index (χ0) is 10.7. The lowest BCUT2D eigenvalue weighted by molar-refractivity contribution is 0.379. The summed E-state index contributed by atoms with van der Waals surface area (Å²) in [6.45, 7) is 5.77. The molecule has 1 aromatic carbocycles. The van der Waals surface area contributed by atoms with E-state index in [-0.39, 0.29) is 0 Å². The maximum absolute atomic E-state index is 3.50. The maximum Gasteiger partial charge on any atom is 0.0375 e. The lowest BCUT2D eigenvalue weighted by Crippen LogP contribution is -2.22. The van der Waals surface area contributed by atoms with Crippen LogP contribution in [0.15, 0.2) is 24.3 Å². The van der Waals surface area contributed by atoms with Crippen LogP contribution in [0.1, 0.15) is 44.6 Å². The van der Waals surface area contributed by atoms with Crippen LogP contribution in [0.5, 0.6) is 0 Å². The monoisotopic (exact) mass is 203 g/mol. The van der Waals surface area contributed by atoms with Gasteiger partial charge in [0.2, 0.25) is 0 Å². The Balaban J connectivity index is 2.28. The van der Waals surface area contributed by atoms with E-state index in [9.17, 15) is 0 Å². The number of benzene rings is 1. The predicted molar refractivity (Wildman–Crippen MR) is 66.4 cm³/mol. The molecule has 2 rings (SSSR count). The number of hydrogen-bond donors (Lipinski definition) is 1. The van der Waals surface area contributed by atoms with Crippen LogP contribution in [0, 0.1) is 5.92 Å². The molecule has 0 aliphatic carbocycles. The number of hydrogen-bond acceptors (Lipinski definition) is 1. The lowest BCUT2D eigenvalue weighted by atomic mass is 9.78. The van der Waals surface area contributed by atoms with Crippen molar-refractivity contribution >= 4 is 5.69 Å². The average Bonchev–Trinajstić information content (AvgIpc) is 2.31. The molecule has 15 heavy (non-hydrogen) atoms. The Hall–Kier alpha value is -0.980. The van der Waals surface area contributed by atoms with E-state index in [1.807, 2.05) is 0 Å². The summed E-state index contributed by atoms with van der Waals surface area (Å²) in [5.74, 6) is 1.63. The Morgan fingerprint density at radius 2 is 2.00 bits per heavy atom. The molecule has 1 aromatic rings. The van der Waals surface area contributed by atoms with Gasteiger partial charge in [0.1, 0.15) is 0 Å². The molecular weight excluding hydrogens is 182 g/mol. The Morgan fingerprint density at radius 1 is 1.27 bits per heavy atom. The van der Waals surface area contributed by atoms with Crippen LogP contribution in [-0.2, 0) is 0 Å². The van der Waals surface area contributed by atoms with Gasteiger partial charge in [-0.05, 0) is 29.9 Å². The molecule has 0 fully saturated rings. The Morgan fingerprint density at radius 3 is 2.73 bits per heavy atom. The van der Waals surface area contributed by atoms with Crippen LogP contribution in [0.3, 0.4) is 0 Å². The highest BCUT2D eigenvalue weighted by Crippen LogP contribution is 2.39. The van der Waals surface area contributed by atoms with Crippen molar-refractivity contribution in [3.05, 3.63) is 29.8 Å². The predicted octanol–water partition coefficient (Wildman–Crippen LogP) is 4.02. The maximum atomic E-state index is 3.50. The summed E-state index contributed by atoms with van der Waals surface area (Å²) < 4.78 is 0. The van der Waals surface area contributed by atoms with Crippen LogP contribution in [0.25, 0.3) is 0 Å². The highest BCUT2D eigenvalue weighted by molar-refractivity contribution is 5.54. The number of para-hydroxylation sites is 1. The summed E-state index contributed by atoms with van der Waals surface area (Å²) in [5, 5.41) is 3.50. The molecule has 0 spiro atoms. The molecule has 1 aliphatic heterocycles. The fraction of sp³-hybridized carbons (Fsp3) is 0.571. The van der Waals surface area contributed by atoms with Gasteiger partial charge in [0.15, 0.2) is 0 Å². The van der Waals surface area contributed by atoms with Crippen molar-refractivity contribution in [1.82, 2.24) is 0 Å². The first-order valence-electron chi connectivity index (χ1n) is 6.19. The molecule has 1 N–H and O–H groups in total. The molecule has 1 nitrogen and oxygen atoms in total. The van der Waals surface area contributed by atoms with Crippen LogP contribution in [0.2, 0.25) is 0 Å². The zero-order valence-electron chi connectivity index (χ0n) is 9.79. The molecule has 0 saturated carbocycles. The quantitative estimate of drug-likeness (QED) is 0.782. The largest absolute Gasteiger partial charge is 0.385 e. The van der Waals surface area contributed by atoms with Crippen molar-refractivity contribution in [3.63, 3.8) is 0 Å². The number of anilines is 1. The third kappa shape index (κ3) is 2.01. The molecule has 0 bridgehead atoms. The summed E-state index contributed by atoms with van der Waals surface area (Å²) in [5.41, 5.74) is 2.90. The van der Waals surface area contributed by atoms with Crippen molar-refractivity contribution in [3.8, 4) is 0 Å². The Kier molecular flexibility index (Phi) is 3.30. The van der Waals surface area contributed by atoms with E-state index in [0.717, 1.165) is 18.4 Å². The van der Waals surface area contributed by atoms with Gasteiger partial charge in [-0.25, -0.2) is 0 Å². The van der Waals surface area contributed by atoms with Crippen LogP contribution < -0.4 is 5.32 Å². The van der Waals surface area contributed by atoms with Gasteiger partial charge in [-0.2, -0.15) is 0 Å². The first kappa shape index (κ1) is 10.5. The van der Waals surface area contributed by atoms with Gasteiger partial charge in [-0.15, -0.1) is 0 Å². The molecule has 0 radical (unpaired) electrons. The zero-order valence-corrected chi connectivity index (χ0v) is 9.79. The second-order valence-electron chi connectivity index (χ2n) is 4.49. The van der Waals surface area contributed by atoms with Crippen molar-refractivity contribution in [2.45, 2.75) is 39.0 Å². The first-order valence-corrected chi connectivity index (χ1v) is 6.19. The number of nitrogens with one attached hydrogen (secondary N) is 1. The third-order valence-corrected chi connectivity index (χ3v) is 3.75. The van der Waals surface area contributed by atoms with Gasteiger partial charge in [-0.3, -0.25) is 0 Å². The highest BCUT2D eigenvalue weighted by Gasteiger charge is 2.25. The number of rotatable bonds is 3. The first-order chi connectivity index (χ1) is 7.36. The Labute approximate surface area is 92.9 Å². The third-order valence-electron chi connectivity index (χ3n) is 3.75.